The lowest BCUT2D eigenvalue weighted by atomic mass is 10.1. The van der Waals surface area contributed by atoms with Crippen LogP contribution in [0.1, 0.15) is 51.8 Å². The van der Waals surface area contributed by atoms with E-state index in [1.807, 2.05) is 0 Å². The van der Waals surface area contributed by atoms with Crippen LogP contribution in [-0.4, -0.2) is 60.5 Å². The van der Waals surface area contributed by atoms with Gasteiger partial charge in [0, 0.05) is 13.5 Å². The van der Waals surface area contributed by atoms with E-state index >= 15 is 0 Å². The molecule has 1 amide bonds. The van der Waals surface area contributed by atoms with E-state index in [0.717, 1.165) is 0 Å². The Labute approximate surface area is 209 Å². The van der Waals surface area contributed by atoms with E-state index in [1.165, 1.54) is 33.0 Å². The Morgan fingerprint density at radius 1 is 1.03 bits per heavy atom. The summed E-state index contributed by atoms with van der Waals surface area (Å²) in [7, 11) is -2.72. The SMILES string of the molecule is CCOC(=O)[C@H](C)NP(=O)(N[C@@H](C)C(=O)OCC)C(CCC(=O)N(C)O)c1ccc(Cl)c(Cl)c1. The second kappa shape index (κ2) is 14.0. The highest BCUT2D eigenvalue weighted by molar-refractivity contribution is 7.60. The number of nitrogens with one attached hydrogen (secondary N) is 2. The Hall–Kier alpha value is -1.68. The van der Waals surface area contributed by atoms with Crippen molar-refractivity contribution in [2.75, 3.05) is 20.3 Å². The number of rotatable bonds is 13. The molecule has 34 heavy (non-hydrogen) atoms. The maximum Gasteiger partial charge on any atom is 0.323 e. The fourth-order valence-electron chi connectivity index (χ4n) is 3.13. The molecule has 0 radical (unpaired) electrons. The van der Waals surface area contributed by atoms with Crippen molar-refractivity contribution in [2.24, 2.45) is 0 Å². The molecule has 1 aromatic carbocycles. The maximum absolute atomic E-state index is 14.4. The van der Waals surface area contributed by atoms with E-state index < -0.39 is 43.0 Å². The van der Waals surface area contributed by atoms with Gasteiger partial charge < -0.3 is 9.47 Å². The van der Waals surface area contributed by atoms with Crippen molar-refractivity contribution >= 4 is 48.5 Å². The zero-order valence-electron chi connectivity index (χ0n) is 19.8. The number of hydroxylamine groups is 2. The largest absolute Gasteiger partial charge is 0.465 e. The first-order chi connectivity index (χ1) is 15.9. The van der Waals surface area contributed by atoms with Crippen LogP contribution in [0.5, 0.6) is 0 Å². The minimum Gasteiger partial charge on any atom is -0.465 e. The van der Waals surface area contributed by atoms with Crippen molar-refractivity contribution in [2.45, 2.75) is 58.3 Å². The van der Waals surface area contributed by atoms with Crippen LogP contribution in [0.3, 0.4) is 0 Å². The molecular formula is C21H32Cl2N3O7P. The first-order valence-electron chi connectivity index (χ1n) is 10.7. The Balaban J connectivity index is 3.51. The summed E-state index contributed by atoms with van der Waals surface area (Å²) in [4.78, 5) is 36.7. The summed E-state index contributed by atoms with van der Waals surface area (Å²) in [6.45, 7) is 6.46. The molecule has 0 aliphatic rings. The van der Waals surface area contributed by atoms with Gasteiger partial charge in [0.25, 0.3) is 0 Å². The first kappa shape index (κ1) is 30.4. The third-order valence-corrected chi connectivity index (χ3v) is 8.53. The smallest absolute Gasteiger partial charge is 0.323 e. The molecule has 1 unspecified atom stereocenters. The average Bonchev–Trinajstić information content (AvgIpc) is 2.76. The molecule has 0 saturated carbocycles. The Kier molecular flexibility index (Phi) is 12.5. The predicted molar refractivity (Wildman–Crippen MR) is 129 cm³/mol. The molecule has 0 spiro atoms. The van der Waals surface area contributed by atoms with Crippen LogP contribution < -0.4 is 10.2 Å². The number of hydrogen-bond acceptors (Lipinski definition) is 7. The number of hydrogen-bond donors (Lipinski definition) is 3. The molecule has 0 saturated heterocycles. The molecule has 10 nitrogen and oxygen atoms in total. The van der Waals surface area contributed by atoms with Crippen LogP contribution in [0.25, 0.3) is 0 Å². The monoisotopic (exact) mass is 539 g/mol. The quantitative estimate of drug-likeness (QED) is 0.147. The van der Waals surface area contributed by atoms with E-state index in [9.17, 15) is 24.2 Å². The van der Waals surface area contributed by atoms with Gasteiger partial charge in [-0.15, -0.1) is 0 Å². The summed E-state index contributed by atoms with van der Waals surface area (Å²) in [5.74, 6) is -1.91. The lowest BCUT2D eigenvalue weighted by Gasteiger charge is -2.33. The van der Waals surface area contributed by atoms with E-state index in [0.29, 0.717) is 10.6 Å². The van der Waals surface area contributed by atoms with Gasteiger partial charge in [0.05, 0.1) is 28.9 Å². The second-order valence-corrected chi connectivity index (χ2v) is 10.8. The molecule has 1 rings (SSSR count). The standard InChI is InChI=1S/C21H32Cl2N3O7P/c1-6-32-20(28)13(3)24-34(31,25-14(4)21(29)33-7-2)18(10-11-19(27)26(5)30)15-8-9-16(22)17(23)12-15/h8-9,12-14,18,30H,6-7,10-11H2,1-5H3,(H2,24,25,31)/t13-,14-,18?/m0/s1. The van der Waals surface area contributed by atoms with Gasteiger partial charge >= 0.3 is 11.9 Å². The third-order valence-electron chi connectivity index (χ3n) is 4.81. The molecule has 1 aromatic rings. The Morgan fingerprint density at radius 2 is 1.53 bits per heavy atom. The molecule has 0 bridgehead atoms. The van der Waals surface area contributed by atoms with Crippen molar-refractivity contribution in [3.8, 4) is 0 Å². The van der Waals surface area contributed by atoms with Crippen LogP contribution in [0, 0.1) is 0 Å². The highest BCUT2D eigenvalue weighted by atomic mass is 35.5. The maximum atomic E-state index is 14.4. The number of ether oxygens (including phenoxy) is 2. The Bertz CT molecular complexity index is 886. The van der Waals surface area contributed by atoms with Crippen molar-refractivity contribution < 1.29 is 33.6 Å². The summed E-state index contributed by atoms with van der Waals surface area (Å²) >= 11 is 12.2. The van der Waals surface area contributed by atoms with Gasteiger partial charge in [0.2, 0.25) is 13.4 Å². The number of carbonyl (C=O) groups excluding carboxylic acids is 3. The predicted octanol–water partition coefficient (Wildman–Crippen LogP) is 3.94. The molecule has 192 valence electrons. The molecule has 0 aliphatic carbocycles. The number of benzene rings is 1. The molecule has 0 aromatic heterocycles. The van der Waals surface area contributed by atoms with E-state index in [-0.39, 0.29) is 36.1 Å². The van der Waals surface area contributed by atoms with Gasteiger partial charge in [0.1, 0.15) is 12.1 Å². The topological polar surface area (TPSA) is 134 Å². The summed E-state index contributed by atoms with van der Waals surface area (Å²) in [5, 5.41) is 15.9. The average molecular weight is 540 g/mol. The Morgan fingerprint density at radius 3 is 1.94 bits per heavy atom. The fraction of sp³-hybridized carbons (Fsp3) is 0.571. The number of carbonyl (C=O) groups is 3. The zero-order chi connectivity index (χ0) is 26.1. The molecule has 13 heteroatoms. The number of nitrogens with zero attached hydrogens (tertiary/aromatic N) is 1. The van der Waals surface area contributed by atoms with Crippen molar-refractivity contribution in [3.63, 3.8) is 0 Å². The molecule has 3 N–H and O–H groups in total. The van der Waals surface area contributed by atoms with E-state index in [4.69, 9.17) is 32.7 Å². The van der Waals surface area contributed by atoms with Crippen LogP contribution in [-0.2, 0) is 28.4 Å². The highest BCUT2D eigenvalue weighted by Gasteiger charge is 2.40. The second-order valence-electron chi connectivity index (χ2n) is 7.51. The normalized spacial score (nSPS) is 14.1. The fourth-order valence-corrected chi connectivity index (χ4v) is 6.31. The first-order valence-corrected chi connectivity index (χ1v) is 13.3. The minimum absolute atomic E-state index is 0.0237. The third kappa shape index (κ3) is 8.83. The lowest BCUT2D eigenvalue weighted by molar-refractivity contribution is -0.159. The summed E-state index contributed by atoms with van der Waals surface area (Å²) < 4.78 is 24.5. The van der Waals surface area contributed by atoms with Crippen LogP contribution >= 0.6 is 30.6 Å². The zero-order valence-corrected chi connectivity index (χ0v) is 22.2. The van der Waals surface area contributed by atoms with Crippen LogP contribution in [0.15, 0.2) is 18.2 Å². The van der Waals surface area contributed by atoms with Gasteiger partial charge in [-0.1, -0.05) is 29.3 Å². The lowest BCUT2D eigenvalue weighted by Crippen LogP contribution is -2.43. The molecule has 3 atom stereocenters. The minimum atomic E-state index is -3.90. The summed E-state index contributed by atoms with van der Waals surface area (Å²) in [6, 6.07) is 2.57. The molecule has 0 fully saturated rings. The number of amides is 1. The number of esters is 2. The molecule has 0 aliphatic heterocycles. The van der Waals surface area contributed by atoms with Crippen molar-refractivity contribution in [1.82, 2.24) is 15.2 Å². The summed E-state index contributed by atoms with van der Waals surface area (Å²) in [5.41, 5.74) is -0.502. The molecular weight excluding hydrogens is 508 g/mol. The van der Waals surface area contributed by atoms with Gasteiger partial charge in [0.15, 0.2) is 0 Å². The van der Waals surface area contributed by atoms with Gasteiger partial charge in [-0.25, -0.2) is 15.2 Å². The van der Waals surface area contributed by atoms with Gasteiger partial charge in [-0.2, -0.15) is 0 Å². The number of halogens is 2. The highest BCUT2D eigenvalue weighted by Crippen LogP contribution is 2.56. The van der Waals surface area contributed by atoms with E-state index in [2.05, 4.69) is 10.2 Å². The van der Waals surface area contributed by atoms with Crippen LogP contribution in [0.2, 0.25) is 10.0 Å². The molecule has 0 heterocycles. The van der Waals surface area contributed by atoms with Gasteiger partial charge in [-0.3, -0.25) is 24.2 Å². The van der Waals surface area contributed by atoms with Gasteiger partial charge in [-0.05, 0) is 51.8 Å². The van der Waals surface area contributed by atoms with E-state index in [1.54, 1.807) is 19.9 Å². The van der Waals surface area contributed by atoms with Crippen LogP contribution in [0.4, 0.5) is 0 Å². The van der Waals surface area contributed by atoms with Crippen molar-refractivity contribution in [3.05, 3.63) is 33.8 Å². The van der Waals surface area contributed by atoms with Crippen molar-refractivity contribution in [1.29, 1.82) is 0 Å². The summed E-state index contributed by atoms with van der Waals surface area (Å²) in [6.07, 6.45) is -0.211.